The smallest absolute Gasteiger partial charge is 0.191 e. The number of thiazole rings is 1. The third-order valence-electron chi connectivity index (χ3n) is 3.26. The highest BCUT2D eigenvalue weighted by molar-refractivity contribution is 14.0. The summed E-state index contributed by atoms with van der Waals surface area (Å²) in [5.74, 6) is 1.64. The Balaban J connectivity index is 0.00000288. The molecule has 7 heteroatoms. The fourth-order valence-electron chi connectivity index (χ4n) is 1.95. The number of ether oxygens (including phenoxy) is 1. The Morgan fingerprint density at radius 3 is 2.62 bits per heavy atom. The van der Waals surface area contributed by atoms with Gasteiger partial charge in [-0.3, -0.25) is 4.99 Å². The minimum absolute atomic E-state index is 0. The highest BCUT2D eigenvalue weighted by Gasteiger charge is 2.02. The van der Waals surface area contributed by atoms with Gasteiger partial charge < -0.3 is 15.4 Å². The van der Waals surface area contributed by atoms with Crippen molar-refractivity contribution in [2.24, 2.45) is 4.99 Å². The van der Waals surface area contributed by atoms with Crippen LogP contribution in [0.4, 0.5) is 0 Å². The lowest BCUT2D eigenvalue weighted by Gasteiger charge is -2.11. The first-order valence-electron chi connectivity index (χ1n) is 7.79. The average Bonchev–Trinajstić information content (AvgIpc) is 3.04. The van der Waals surface area contributed by atoms with E-state index in [0.717, 1.165) is 23.1 Å². The molecule has 1 heterocycles. The number of guanidine groups is 1. The van der Waals surface area contributed by atoms with Crippen LogP contribution in [0, 0.1) is 6.92 Å². The molecule has 132 valence electrons. The van der Waals surface area contributed by atoms with Crippen molar-refractivity contribution < 1.29 is 4.74 Å². The number of nitrogens with zero attached hydrogens (tertiary/aromatic N) is 2. The molecule has 2 aromatic rings. The molecule has 0 amide bonds. The molecule has 0 saturated carbocycles. The fraction of sp³-hybridized carbons (Fsp3) is 0.412. The Bertz CT molecular complexity index is 628. The summed E-state index contributed by atoms with van der Waals surface area (Å²) in [6.45, 7) is 6.15. The molecule has 0 aliphatic heterocycles. The van der Waals surface area contributed by atoms with Crippen LogP contribution in [0.1, 0.15) is 22.4 Å². The second kappa shape index (κ2) is 11.2. The van der Waals surface area contributed by atoms with E-state index in [0.29, 0.717) is 19.7 Å². The quantitative estimate of drug-likeness (QED) is 0.288. The molecule has 0 saturated heterocycles. The van der Waals surface area contributed by atoms with Crippen molar-refractivity contribution in [3.8, 4) is 5.75 Å². The average molecular weight is 460 g/mol. The van der Waals surface area contributed by atoms with Gasteiger partial charge in [-0.1, -0.05) is 24.6 Å². The van der Waals surface area contributed by atoms with Gasteiger partial charge in [0.15, 0.2) is 5.96 Å². The molecular formula is C17H25IN4OS. The second-order valence-electron chi connectivity index (χ2n) is 5.09. The maximum Gasteiger partial charge on any atom is 0.191 e. The molecule has 0 fully saturated rings. The summed E-state index contributed by atoms with van der Waals surface area (Å²) in [5, 5.41) is 7.56. The van der Waals surface area contributed by atoms with Crippen LogP contribution in [0.15, 0.2) is 35.5 Å². The molecule has 0 bridgehead atoms. The van der Waals surface area contributed by atoms with Crippen LogP contribution >= 0.6 is 35.3 Å². The van der Waals surface area contributed by atoms with Crippen LogP contribution in [-0.2, 0) is 13.0 Å². The molecule has 1 aromatic carbocycles. The molecule has 0 atom stereocenters. The number of rotatable bonds is 7. The van der Waals surface area contributed by atoms with Gasteiger partial charge in [-0.25, -0.2) is 4.98 Å². The zero-order valence-corrected chi connectivity index (χ0v) is 17.5. The largest absolute Gasteiger partial charge is 0.492 e. The number of halogens is 1. The summed E-state index contributed by atoms with van der Waals surface area (Å²) in [5.41, 5.74) is 1.23. The maximum absolute atomic E-state index is 5.68. The van der Waals surface area contributed by atoms with Crippen LogP contribution in [0.2, 0.25) is 0 Å². The number of hydrogen-bond acceptors (Lipinski definition) is 4. The van der Waals surface area contributed by atoms with Gasteiger partial charge in [0.25, 0.3) is 0 Å². The Morgan fingerprint density at radius 2 is 2.00 bits per heavy atom. The Hall–Kier alpha value is -1.35. The predicted octanol–water partition coefficient (Wildman–Crippen LogP) is 3.38. The molecular weight excluding hydrogens is 435 g/mol. The number of benzene rings is 1. The van der Waals surface area contributed by atoms with Gasteiger partial charge in [-0.2, -0.15) is 0 Å². The zero-order valence-electron chi connectivity index (χ0n) is 14.3. The van der Waals surface area contributed by atoms with Gasteiger partial charge in [-0.15, -0.1) is 35.3 Å². The summed E-state index contributed by atoms with van der Waals surface area (Å²) in [4.78, 5) is 9.89. The highest BCUT2D eigenvalue weighted by Crippen LogP contribution is 2.13. The number of nitrogens with one attached hydrogen (secondary N) is 2. The summed E-state index contributed by atoms with van der Waals surface area (Å²) < 4.78 is 5.68. The molecule has 2 rings (SSSR count). The Kier molecular flexibility index (Phi) is 9.70. The first-order valence-corrected chi connectivity index (χ1v) is 8.60. The SMILES string of the molecule is CCc1cnc(CNC(=NC)NCCOc2ccc(C)cc2)s1.I. The maximum atomic E-state index is 5.68. The molecule has 2 N–H and O–H groups in total. The summed E-state index contributed by atoms with van der Waals surface area (Å²) in [6.07, 6.45) is 2.97. The topological polar surface area (TPSA) is 58.5 Å². The van der Waals surface area contributed by atoms with E-state index in [2.05, 4.69) is 34.5 Å². The van der Waals surface area contributed by atoms with Crippen molar-refractivity contribution in [1.82, 2.24) is 15.6 Å². The van der Waals surface area contributed by atoms with Crippen LogP contribution in [0.5, 0.6) is 5.75 Å². The lowest BCUT2D eigenvalue weighted by molar-refractivity contribution is 0.322. The molecule has 24 heavy (non-hydrogen) atoms. The number of aryl methyl sites for hydroxylation is 2. The van der Waals surface area contributed by atoms with Gasteiger partial charge >= 0.3 is 0 Å². The van der Waals surface area contributed by atoms with Crippen molar-refractivity contribution in [2.75, 3.05) is 20.2 Å². The monoisotopic (exact) mass is 460 g/mol. The molecule has 5 nitrogen and oxygen atoms in total. The van der Waals surface area contributed by atoms with E-state index in [1.807, 2.05) is 30.5 Å². The van der Waals surface area contributed by atoms with Gasteiger partial charge in [0.1, 0.15) is 17.4 Å². The number of aliphatic imine (C=N–C) groups is 1. The molecule has 1 aromatic heterocycles. The van der Waals surface area contributed by atoms with Gasteiger partial charge in [0.2, 0.25) is 0 Å². The molecule has 0 radical (unpaired) electrons. The van der Waals surface area contributed by atoms with Crippen LogP contribution in [0.3, 0.4) is 0 Å². The molecule has 0 spiro atoms. The first kappa shape index (κ1) is 20.7. The Morgan fingerprint density at radius 1 is 1.25 bits per heavy atom. The number of hydrogen-bond donors (Lipinski definition) is 2. The van der Waals surface area contributed by atoms with Gasteiger partial charge in [0.05, 0.1) is 13.1 Å². The van der Waals surface area contributed by atoms with E-state index in [1.165, 1.54) is 10.4 Å². The predicted molar refractivity (Wildman–Crippen MR) is 112 cm³/mol. The van der Waals surface area contributed by atoms with E-state index < -0.39 is 0 Å². The van der Waals surface area contributed by atoms with Crippen molar-refractivity contribution in [1.29, 1.82) is 0 Å². The third-order valence-corrected chi connectivity index (χ3v) is 4.41. The van der Waals surface area contributed by atoms with Crippen molar-refractivity contribution in [2.45, 2.75) is 26.8 Å². The summed E-state index contributed by atoms with van der Waals surface area (Å²) in [7, 11) is 1.76. The van der Waals surface area contributed by atoms with Crippen molar-refractivity contribution in [3.05, 3.63) is 45.9 Å². The zero-order chi connectivity index (χ0) is 16.5. The van der Waals surface area contributed by atoms with E-state index in [1.54, 1.807) is 18.4 Å². The van der Waals surface area contributed by atoms with Crippen LogP contribution in [-0.4, -0.2) is 31.1 Å². The van der Waals surface area contributed by atoms with Crippen LogP contribution in [0.25, 0.3) is 0 Å². The lowest BCUT2D eigenvalue weighted by atomic mass is 10.2. The van der Waals surface area contributed by atoms with E-state index in [4.69, 9.17) is 4.74 Å². The Labute approximate surface area is 165 Å². The standard InChI is InChI=1S/C17H24N4OS.HI/c1-4-15-11-20-16(23-15)12-21-17(18-3)19-9-10-22-14-7-5-13(2)6-8-14;/h5-8,11H,4,9-10,12H2,1-3H3,(H2,18,19,21);1H. The van der Waals surface area contributed by atoms with Crippen LogP contribution < -0.4 is 15.4 Å². The first-order chi connectivity index (χ1) is 11.2. The van der Waals surface area contributed by atoms with Gasteiger partial charge in [-0.05, 0) is 25.5 Å². The minimum atomic E-state index is 0. The van der Waals surface area contributed by atoms with E-state index in [9.17, 15) is 0 Å². The highest BCUT2D eigenvalue weighted by atomic mass is 127. The van der Waals surface area contributed by atoms with Crippen molar-refractivity contribution >= 4 is 41.3 Å². The second-order valence-corrected chi connectivity index (χ2v) is 6.29. The molecule has 0 unspecified atom stereocenters. The summed E-state index contributed by atoms with van der Waals surface area (Å²) in [6, 6.07) is 8.05. The molecule has 0 aliphatic carbocycles. The minimum Gasteiger partial charge on any atom is -0.492 e. The third kappa shape index (κ3) is 7.04. The molecule has 0 aliphatic rings. The fourth-order valence-corrected chi connectivity index (χ4v) is 2.75. The van der Waals surface area contributed by atoms with Crippen molar-refractivity contribution in [3.63, 3.8) is 0 Å². The normalized spacial score (nSPS) is 10.9. The van der Waals surface area contributed by atoms with Gasteiger partial charge in [0, 0.05) is 18.1 Å². The number of aromatic nitrogens is 1. The van der Waals surface area contributed by atoms with E-state index in [-0.39, 0.29) is 24.0 Å². The lowest BCUT2D eigenvalue weighted by Crippen LogP contribution is -2.38. The summed E-state index contributed by atoms with van der Waals surface area (Å²) >= 11 is 1.73. The van der Waals surface area contributed by atoms with E-state index >= 15 is 0 Å².